The van der Waals surface area contributed by atoms with E-state index < -0.39 is 0 Å². The number of hydrogen-bond acceptors (Lipinski definition) is 2. The summed E-state index contributed by atoms with van der Waals surface area (Å²) in [6.45, 7) is 0. The van der Waals surface area contributed by atoms with Crippen molar-refractivity contribution in [3.63, 3.8) is 0 Å². The quantitative estimate of drug-likeness (QED) is 0.642. The van der Waals surface area contributed by atoms with Gasteiger partial charge >= 0.3 is 0 Å². The first-order valence-corrected chi connectivity index (χ1v) is 7.81. The zero-order valence-corrected chi connectivity index (χ0v) is 14.0. The van der Waals surface area contributed by atoms with Crippen LogP contribution in [-0.4, -0.2) is 18.7 Å². The number of nitrogens with zero attached hydrogens (tertiary/aromatic N) is 4. The van der Waals surface area contributed by atoms with Crippen LogP contribution >= 0.6 is 0 Å². The lowest BCUT2D eigenvalue weighted by atomic mass is 10.3. The number of rotatable bonds is 1. The van der Waals surface area contributed by atoms with Crippen LogP contribution in [0.5, 0.6) is 0 Å². The molecule has 4 nitrogen and oxygen atoms in total. The minimum atomic E-state index is 1.17. The molecule has 0 saturated heterocycles. The number of fused-ring (bicyclic) bond motifs is 2. The second kappa shape index (κ2) is 4.88. The first-order valence-electron chi connectivity index (χ1n) is 7.81. The van der Waals surface area contributed by atoms with Crippen molar-refractivity contribution < 1.29 is 4.57 Å². The van der Waals surface area contributed by atoms with Gasteiger partial charge in [0.15, 0.2) is 11.0 Å². The molecule has 0 bridgehead atoms. The molecule has 2 heterocycles. The Hall–Kier alpha value is -2.75. The predicted molar refractivity (Wildman–Crippen MR) is 95.3 cm³/mol. The van der Waals surface area contributed by atoms with Crippen LogP contribution in [-0.2, 0) is 14.1 Å². The van der Waals surface area contributed by atoms with Crippen LogP contribution in [0.3, 0.4) is 0 Å². The summed E-state index contributed by atoms with van der Waals surface area (Å²) in [5.41, 5.74) is 4.95. The molecule has 0 aliphatic carbocycles. The van der Waals surface area contributed by atoms with E-state index in [0.29, 0.717) is 0 Å². The zero-order valence-electron chi connectivity index (χ0n) is 14.0. The third-order valence-corrected chi connectivity index (χ3v) is 4.84. The fraction of sp³-hybridized carbons (Fsp3) is 0.211. The van der Waals surface area contributed by atoms with Gasteiger partial charge in [0, 0.05) is 14.1 Å². The second-order valence-electron chi connectivity index (χ2n) is 6.07. The SMILES string of the molecule is CN1C(=Cc2n(C)c3ccccc3[n+]2C)N(C)c2ccccc21. The molecule has 4 heteroatoms. The van der Waals surface area contributed by atoms with E-state index in [4.69, 9.17) is 0 Å². The fourth-order valence-electron chi connectivity index (χ4n) is 3.51. The third-order valence-electron chi connectivity index (χ3n) is 4.84. The lowest BCUT2D eigenvalue weighted by Gasteiger charge is -2.17. The monoisotopic (exact) mass is 305 g/mol. The van der Waals surface area contributed by atoms with Gasteiger partial charge in [-0.3, -0.25) is 0 Å². The Morgan fingerprint density at radius 1 is 0.826 bits per heavy atom. The van der Waals surface area contributed by atoms with Crippen molar-refractivity contribution in [3.05, 3.63) is 60.2 Å². The summed E-state index contributed by atoms with van der Waals surface area (Å²) in [5, 5.41) is 0. The van der Waals surface area contributed by atoms with Gasteiger partial charge in [-0.05, 0) is 24.3 Å². The molecule has 0 radical (unpaired) electrons. The Labute approximate surface area is 136 Å². The molecule has 0 unspecified atom stereocenters. The van der Waals surface area contributed by atoms with Gasteiger partial charge in [-0.15, -0.1) is 0 Å². The molecular weight excluding hydrogens is 284 g/mol. The van der Waals surface area contributed by atoms with Crippen molar-refractivity contribution in [2.24, 2.45) is 14.1 Å². The molecular formula is C19H21N4+. The molecule has 0 spiro atoms. The predicted octanol–water partition coefficient (Wildman–Crippen LogP) is 2.89. The molecule has 0 atom stereocenters. The Morgan fingerprint density at radius 3 is 2.00 bits per heavy atom. The maximum absolute atomic E-state index is 2.25. The van der Waals surface area contributed by atoms with E-state index in [0.717, 1.165) is 0 Å². The number of anilines is 2. The first kappa shape index (κ1) is 13.9. The Bertz CT molecular complexity index is 866. The van der Waals surface area contributed by atoms with Crippen LogP contribution in [0.1, 0.15) is 5.82 Å². The molecule has 1 aliphatic heterocycles. The molecule has 1 aromatic heterocycles. The van der Waals surface area contributed by atoms with Crippen molar-refractivity contribution in [3.8, 4) is 0 Å². The van der Waals surface area contributed by atoms with Gasteiger partial charge < -0.3 is 9.80 Å². The van der Waals surface area contributed by atoms with Crippen molar-refractivity contribution in [2.75, 3.05) is 23.9 Å². The van der Waals surface area contributed by atoms with E-state index in [1.807, 2.05) is 0 Å². The van der Waals surface area contributed by atoms with Gasteiger partial charge in [0.1, 0.15) is 5.82 Å². The largest absolute Gasteiger partial charge is 0.329 e. The smallest absolute Gasteiger partial charge is 0.285 e. The van der Waals surface area contributed by atoms with Gasteiger partial charge in [0.25, 0.3) is 5.82 Å². The summed E-state index contributed by atoms with van der Waals surface area (Å²) < 4.78 is 4.49. The summed E-state index contributed by atoms with van der Waals surface area (Å²) in [6.07, 6.45) is 2.25. The number of aryl methyl sites for hydroxylation is 2. The van der Waals surface area contributed by atoms with E-state index in [1.165, 1.54) is 34.1 Å². The van der Waals surface area contributed by atoms with Crippen molar-refractivity contribution >= 4 is 28.5 Å². The Morgan fingerprint density at radius 2 is 1.39 bits per heavy atom. The zero-order chi connectivity index (χ0) is 16.1. The maximum atomic E-state index is 2.25. The molecule has 1 aliphatic rings. The van der Waals surface area contributed by atoms with E-state index in [1.54, 1.807) is 0 Å². The maximum Gasteiger partial charge on any atom is 0.285 e. The Balaban J connectivity index is 1.90. The molecule has 0 saturated carbocycles. The lowest BCUT2D eigenvalue weighted by Crippen LogP contribution is -2.32. The van der Waals surface area contributed by atoms with Crippen LogP contribution in [0.15, 0.2) is 54.4 Å². The summed E-state index contributed by atoms with van der Waals surface area (Å²) in [5.74, 6) is 2.35. The topological polar surface area (TPSA) is 15.3 Å². The summed E-state index contributed by atoms with van der Waals surface area (Å²) >= 11 is 0. The van der Waals surface area contributed by atoms with E-state index in [-0.39, 0.29) is 0 Å². The van der Waals surface area contributed by atoms with Crippen LogP contribution < -0.4 is 14.4 Å². The number of para-hydroxylation sites is 4. The minimum Gasteiger partial charge on any atom is -0.329 e. The number of aromatic nitrogens is 2. The highest BCUT2D eigenvalue weighted by atomic mass is 15.4. The summed E-state index contributed by atoms with van der Waals surface area (Å²) in [4.78, 5) is 4.49. The number of hydrogen-bond donors (Lipinski definition) is 0. The number of imidazole rings is 1. The normalized spacial score (nSPS) is 13.8. The summed E-state index contributed by atoms with van der Waals surface area (Å²) in [6, 6.07) is 17.0. The molecule has 23 heavy (non-hydrogen) atoms. The van der Waals surface area contributed by atoms with Crippen LogP contribution in [0.2, 0.25) is 0 Å². The van der Waals surface area contributed by atoms with Crippen molar-refractivity contribution in [2.45, 2.75) is 0 Å². The molecule has 4 rings (SSSR count). The van der Waals surface area contributed by atoms with Gasteiger partial charge in [0.2, 0.25) is 0 Å². The molecule has 2 aromatic carbocycles. The standard InChI is InChI=1S/C19H21N4/c1-20-14-9-5-6-10-15(14)21(2)18(20)13-19-22(3)16-11-7-8-12-17(16)23(19)4/h5-13H,1-4H3/q+1. The highest BCUT2D eigenvalue weighted by Gasteiger charge is 2.28. The van der Waals surface area contributed by atoms with Crippen molar-refractivity contribution in [1.82, 2.24) is 4.57 Å². The van der Waals surface area contributed by atoms with Gasteiger partial charge in [-0.1, -0.05) is 24.3 Å². The van der Waals surface area contributed by atoms with Gasteiger partial charge in [-0.2, -0.15) is 0 Å². The van der Waals surface area contributed by atoms with Crippen LogP contribution in [0.4, 0.5) is 11.4 Å². The number of benzene rings is 2. The van der Waals surface area contributed by atoms with Crippen LogP contribution in [0, 0.1) is 0 Å². The van der Waals surface area contributed by atoms with Gasteiger partial charge in [0.05, 0.1) is 31.5 Å². The molecule has 0 fully saturated rings. The first-order chi connectivity index (χ1) is 11.1. The average molecular weight is 305 g/mol. The van der Waals surface area contributed by atoms with E-state index >= 15 is 0 Å². The van der Waals surface area contributed by atoms with Gasteiger partial charge in [-0.25, -0.2) is 9.13 Å². The second-order valence-corrected chi connectivity index (χ2v) is 6.07. The van der Waals surface area contributed by atoms with Crippen LogP contribution in [0.25, 0.3) is 17.1 Å². The third kappa shape index (κ3) is 1.88. The van der Waals surface area contributed by atoms with E-state index in [2.05, 4.69) is 102 Å². The average Bonchev–Trinajstić information content (AvgIpc) is 2.97. The fourth-order valence-corrected chi connectivity index (χ4v) is 3.51. The lowest BCUT2D eigenvalue weighted by molar-refractivity contribution is -0.647. The molecule has 0 amide bonds. The minimum absolute atomic E-state index is 1.17. The van der Waals surface area contributed by atoms with Crippen molar-refractivity contribution in [1.29, 1.82) is 0 Å². The molecule has 3 aromatic rings. The highest BCUT2D eigenvalue weighted by Crippen LogP contribution is 2.39. The summed E-state index contributed by atoms with van der Waals surface area (Å²) in [7, 11) is 8.49. The van der Waals surface area contributed by atoms with E-state index in [9.17, 15) is 0 Å². The Kier molecular flexibility index (Phi) is 2.94. The highest BCUT2D eigenvalue weighted by molar-refractivity contribution is 5.85. The molecule has 0 N–H and O–H groups in total. The molecule has 116 valence electrons.